The molecule has 8 heteroatoms. The van der Waals surface area contributed by atoms with E-state index in [1.807, 2.05) is 43.0 Å². The van der Waals surface area contributed by atoms with E-state index in [0.29, 0.717) is 24.3 Å². The number of sulfonamides is 1. The van der Waals surface area contributed by atoms with Gasteiger partial charge >= 0.3 is 5.97 Å². The van der Waals surface area contributed by atoms with E-state index in [1.165, 1.54) is 6.07 Å². The molecule has 0 radical (unpaired) electrons. The first kappa shape index (κ1) is 23.6. The van der Waals surface area contributed by atoms with Gasteiger partial charge in [0, 0.05) is 37.6 Å². The Kier molecular flexibility index (Phi) is 6.52. The molecule has 1 fully saturated rings. The minimum absolute atomic E-state index is 0.0742. The summed E-state index contributed by atoms with van der Waals surface area (Å²) in [6, 6.07) is 18.3. The van der Waals surface area contributed by atoms with Gasteiger partial charge in [0.25, 0.3) is 10.0 Å². The molecule has 7 nitrogen and oxygen atoms in total. The number of carboxylic acids is 1. The van der Waals surface area contributed by atoms with E-state index in [-0.39, 0.29) is 16.1 Å². The highest BCUT2D eigenvalue weighted by Gasteiger charge is 2.24. The lowest BCUT2D eigenvalue weighted by Crippen LogP contribution is -2.47. The summed E-state index contributed by atoms with van der Waals surface area (Å²) < 4.78 is 28.7. The number of para-hydroxylation sites is 1. The molecule has 1 aliphatic heterocycles. The second-order valence-corrected chi connectivity index (χ2v) is 10.3. The van der Waals surface area contributed by atoms with Crippen molar-refractivity contribution >= 4 is 33.1 Å². The Labute approximate surface area is 200 Å². The highest BCUT2D eigenvalue weighted by molar-refractivity contribution is 7.92. The number of nitrogens with zero attached hydrogens (tertiary/aromatic N) is 2. The van der Waals surface area contributed by atoms with Crippen LogP contribution in [0.3, 0.4) is 0 Å². The van der Waals surface area contributed by atoms with E-state index >= 15 is 0 Å². The van der Waals surface area contributed by atoms with Crippen molar-refractivity contribution in [2.75, 3.05) is 40.7 Å². The van der Waals surface area contributed by atoms with Crippen molar-refractivity contribution in [3.63, 3.8) is 0 Å². The minimum atomic E-state index is -3.86. The summed E-state index contributed by atoms with van der Waals surface area (Å²) in [7, 11) is -3.86. The van der Waals surface area contributed by atoms with Crippen LogP contribution in [0.5, 0.6) is 0 Å². The standard InChI is InChI=1S/C26H29N3O4S/c1-18-15-20(3)25(16-19(18)2)34(32,33)27-21-9-10-24(23(17-21)26(30)31)29-13-11-28(12-14-29)22-7-5-4-6-8-22/h4-10,15-17,27H,11-14H2,1-3H3,(H,30,31). The number of carbonyl (C=O) groups is 1. The maximum Gasteiger partial charge on any atom is 0.337 e. The number of carboxylic acid groups (broad SMARTS) is 1. The van der Waals surface area contributed by atoms with E-state index < -0.39 is 16.0 Å². The van der Waals surface area contributed by atoms with Crippen LogP contribution in [0.1, 0.15) is 27.0 Å². The normalized spacial score (nSPS) is 14.2. The van der Waals surface area contributed by atoms with Crippen molar-refractivity contribution < 1.29 is 18.3 Å². The number of hydrogen-bond donors (Lipinski definition) is 2. The van der Waals surface area contributed by atoms with Crippen molar-refractivity contribution in [1.82, 2.24) is 0 Å². The Balaban J connectivity index is 1.56. The zero-order valence-corrected chi connectivity index (χ0v) is 20.4. The molecule has 0 atom stereocenters. The maximum atomic E-state index is 13.1. The number of rotatable bonds is 6. The van der Waals surface area contributed by atoms with Crippen LogP contribution < -0.4 is 14.5 Å². The quantitative estimate of drug-likeness (QED) is 0.543. The molecule has 0 spiro atoms. The molecule has 0 amide bonds. The van der Waals surface area contributed by atoms with Gasteiger partial charge in [-0.1, -0.05) is 24.3 Å². The van der Waals surface area contributed by atoms with Gasteiger partial charge in [-0.25, -0.2) is 13.2 Å². The Hall–Kier alpha value is -3.52. The van der Waals surface area contributed by atoms with Crippen LogP contribution in [0.4, 0.5) is 17.1 Å². The average Bonchev–Trinajstić information content (AvgIpc) is 2.81. The summed E-state index contributed by atoms with van der Waals surface area (Å²) >= 11 is 0. The Morgan fingerprint density at radius 2 is 1.44 bits per heavy atom. The smallest absolute Gasteiger partial charge is 0.337 e. The van der Waals surface area contributed by atoms with Gasteiger partial charge in [0.15, 0.2) is 0 Å². The van der Waals surface area contributed by atoms with Crippen molar-refractivity contribution in [3.05, 3.63) is 82.9 Å². The van der Waals surface area contributed by atoms with Crippen LogP contribution in [-0.2, 0) is 10.0 Å². The molecule has 3 aromatic rings. The summed E-state index contributed by atoms with van der Waals surface area (Å²) in [5.41, 5.74) is 4.56. The van der Waals surface area contributed by atoms with Crippen molar-refractivity contribution in [1.29, 1.82) is 0 Å². The summed E-state index contributed by atoms with van der Waals surface area (Å²) in [6.07, 6.45) is 0. The summed E-state index contributed by atoms with van der Waals surface area (Å²) in [5, 5.41) is 9.86. The lowest BCUT2D eigenvalue weighted by molar-refractivity contribution is 0.0697. The van der Waals surface area contributed by atoms with E-state index in [4.69, 9.17) is 0 Å². The lowest BCUT2D eigenvalue weighted by Gasteiger charge is -2.38. The second-order valence-electron chi connectivity index (χ2n) is 8.65. The molecule has 34 heavy (non-hydrogen) atoms. The van der Waals surface area contributed by atoms with Crippen LogP contribution in [0.25, 0.3) is 0 Å². The fraction of sp³-hybridized carbons (Fsp3) is 0.269. The Morgan fingerprint density at radius 1 is 0.824 bits per heavy atom. The molecule has 0 unspecified atom stereocenters. The highest BCUT2D eigenvalue weighted by Crippen LogP contribution is 2.29. The number of hydrogen-bond acceptors (Lipinski definition) is 5. The number of benzene rings is 3. The van der Waals surface area contributed by atoms with Crippen LogP contribution >= 0.6 is 0 Å². The first-order valence-corrected chi connectivity index (χ1v) is 12.7. The third kappa shape index (κ3) is 4.87. The monoisotopic (exact) mass is 479 g/mol. The van der Waals surface area contributed by atoms with Crippen molar-refractivity contribution in [3.8, 4) is 0 Å². The van der Waals surface area contributed by atoms with E-state index in [1.54, 1.807) is 25.1 Å². The number of piperazine rings is 1. The Morgan fingerprint density at radius 3 is 2.09 bits per heavy atom. The van der Waals surface area contributed by atoms with Gasteiger partial charge < -0.3 is 14.9 Å². The molecule has 3 aromatic carbocycles. The molecule has 2 N–H and O–H groups in total. The SMILES string of the molecule is Cc1cc(C)c(S(=O)(=O)Nc2ccc(N3CCN(c4ccccc4)CC3)c(C(=O)O)c2)cc1C. The van der Waals surface area contributed by atoms with E-state index in [0.717, 1.165) is 29.9 Å². The van der Waals surface area contributed by atoms with Crippen LogP contribution in [0, 0.1) is 20.8 Å². The molecule has 1 aliphatic rings. The van der Waals surface area contributed by atoms with Gasteiger partial charge in [-0.2, -0.15) is 0 Å². The average molecular weight is 480 g/mol. The molecular weight excluding hydrogens is 450 g/mol. The zero-order chi connectivity index (χ0) is 24.5. The maximum absolute atomic E-state index is 13.1. The summed E-state index contributed by atoms with van der Waals surface area (Å²) in [5.74, 6) is -1.09. The van der Waals surface area contributed by atoms with Crippen LogP contribution in [0.15, 0.2) is 65.6 Å². The minimum Gasteiger partial charge on any atom is -0.478 e. The molecular formula is C26H29N3O4S. The van der Waals surface area contributed by atoms with Crippen molar-refractivity contribution in [2.24, 2.45) is 0 Å². The fourth-order valence-electron chi connectivity index (χ4n) is 4.32. The third-order valence-electron chi connectivity index (χ3n) is 6.30. The van der Waals surface area contributed by atoms with Crippen LogP contribution in [0.2, 0.25) is 0 Å². The topological polar surface area (TPSA) is 90.0 Å². The van der Waals surface area contributed by atoms with Gasteiger partial charge in [0.1, 0.15) is 0 Å². The molecule has 1 heterocycles. The predicted octanol–water partition coefficient (Wildman–Crippen LogP) is 4.44. The molecule has 0 aromatic heterocycles. The fourth-order valence-corrected chi connectivity index (χ4v) is 5.69. The Bertz CT molecular complexity index is 1320. The van der Waals surface area contributed by atoms with Crippen molar-refractivity contribution in [2.45, 2.75) is 25.7 Å². The van der Waals surface area contributed by atoms with E-state index in [9.17, 15) is 18.3 Å². The summed E-state index contributed by atoms with van der Waals surface area (Å²) in [6.45, 7) is 8.42. The molecule has 178 valence electrons. The first-order valence-electron chi connectivity index (χ1n) is 11.2. The number of aromatic carboxylic acids is 1. The number of nitrogens with one attached hydrogen (secondary N) is 1. The zero-order valence-electron chi connectivity index (χ0n) is 19.6. The number of aryl methyl sites for hydroxylation is 3. The lowest BCUT2D eigenvalue weighted by atomic mass is 10.1. The highest BCUT2D eigenvalue weighted by atomic mass is 32.2. The van der Waals surface area contributed by atoms with Gasteiger partial charge in [0.05, 0.1) is 16.1 Å². The second kappa shape index (κ2) is 9.38. The molecule has 0 saturated carbocycles. The van der Waals surface area contributed by atoms with Gasteiger partial charge in [-0.15, -0.1) is 0 Å². The van der Waals surface area contributed by atoms with Gasteiger partial charge in [0.2, 0.25) is 0 Å². The molecule has 1 saturated heterocycles. The largest absolute Gasteiger partial charge is 0.478 e. The molecule has 4 rings (SSSR count). The first-order chi connectivity index (χ1) is 16.2. The van der Waals surface area contributed by atoms with Crippen LogP contribution in [-0.4, -0.2) is 45.7 Å². The van der Waals surface area contributed by atoms with Gasteiger partial charge in [-0.05, 0) is 73.9 Å². The number of anilines is 3. The predicted molar refractivity (Wildman–Crippen MR) is 136 cm³/mol. The third-order valence-corrected chi connectivity index (χ3v) is 7.82. The van der Waals surface area contributed by atoms with E-state index in [2.05, 4.69) is 21.8 Å². The molecule has 0 aliphatic carbocycles. The summed E-state index contributed by atoms with van der Waals surface area (Å²) in [4.78, 5) is 16.6. The molecule has 0 bridgehead atoms. The van der Waals surface area contributed by atoms with Gasteiger partial charge in [-0.3, -0.25) is 4.72 Å².